The van der Waals surface area contributed by atoms with E-state index >= 15 is 0 Å². The Morgan fingerprint density at radius 2 is 1.81 bits per heavy atom. The summed E-state index contributed by atoms with van der Waals surface area (Å²) in [7, 11) is 1.70. The number of pyridine rings is 1. The van der Waals surface area contributed by atoms with Crippen molar-refractivity contribution in [3.8, 4) is 11.4 Å². The van der Waals surface area contributed by atoms with Crippen molar-refractivity contribution in [1.29, 1.82) is 0 Å². The van der Waals surface area contributed by atoms with Gasteiger partial charge in [0.1, 0.15) is 11.8 Å². The van der Waals surface area contributed by atoms with Gasteiger partial charge in [-0.1, -0.05) is 24.8 Å². The Morgan fingerprint density at radius 1 is 1.03 bits per heavy atom. The molecule has 0 aliphatic carbocycles. The minimum absolute atomic E-state index is 0.0136. The number of benzene rings is 1. The van der Waals surface area contributed by atoms with Crippen molar-refractivity contribution < 1.29 is 4.74 Å². The number of hydrogen-bond acceptors (Lipinski definition) is 5. The van der Waals surface area contributed by atoms with Gasteiger partial charge < -0.3 is 14.2 Å². The van der Waals surface area contributed by atoms with Crippen LogP contribution in [0.3, 0.4) is 0 Å². The van der Waals surface area contributed by atoms with E-state index in [4.69, 9.17) is 9.73 Å². The molecule has 5 nitrogen and oxygen atoms in total. The molecule has 5 rings (SSSR count). The lowest BCUT2D eigenvalue weighted by Gasteiger charge is -2.28. The number of aromatic nitrogens is 2. The van der Waals surface area contributed by atoms with E-state index in [9.17, 15) is 0 Å². The number of methoxy groups -OCH3 is 1. The third-order valence-corrected chi connectivity index (χ3v) is 7.62. The zero-order valence-electron chi connectivity index (χ0n) is 18.7. The van der Waals surface area contributed by atoms with Crippen LogP contribution in [-0.4, -0.2) is 38.5 Å². The third-order valence-electron chi connectivity index (χ3n) is 6.51. The predicted molar refractivity (Wildman–Crippen MR) is 127 cm³/mol. The van der Waals surface area contributed by atoms with E-state index in [1.807, 2.05) is 36.2 Å². The molecular formula is C25H28N4OS. The first kappa shape index (κ1) is 20.2. The highest BCUT2D eigenvalue weighted by Crippen LogP contribution is 2.50. The van der Waals surface area contributed by atoms with E-state index in [0.717, 1.165) is 28.8 Å². The summed E-state index contributed by atoms with van der Waals surface area (Å²) in [6.07, 6.45) is 1.87. The fourth-order valence-corrected chi connectivity index (χ4v) is 6.08. The minimum Gasteiger partial charge on any atom is -0.497 e. The second kappa shape index (κ2) is 7.75. The molecule has 1 aromatic carbocycles. The smallest absolute Gasteiger partial charge is 0.160 e. The van der Waals surface area contributed by atoms with Gasteiger partial charge in [0, 0.05) is 40.6 Å². The Morgan fingerprint density at radius 3 is 2.48 bits per heavy atom. The van der Waals surface area contributed by atoms with Gasteiger partial charge >= 0.3 is 0 Å². The van der Waals surface area contributed by atoms with Crippen LogP contribution < -0.4 is 4.74 Å². The van der Waals surface area contributed by atoms with Crippen molar-refractivity contribution in [2.75, 3.05) is 13.7 Å². The normalized spacial score (nSPS) is 22.5. The Balaban J connectivity index is 1.64. The van der Waals surface area contributed by atoms with Crippen LogP contribution in [0.1, 0.15) is 47.2 Å². The number of amidine groups is 1. The maximum absolute atomic E-state index is 5.36. The first-order chi connectivity index (χ1) is 15.0. The molecule has 0 amide bonds. The van der Waals surface area contributed by atoms with Crippen LogP contribution in [0.2, 0.25) is 0 Å². The molecule has 2 aromatic heterocycles. The van der Waals surface area contributed by atoms with E-state index in [0.29, 0.717) is 5.25 Å². The molecule has 0 spiro atoms. The van der Waals surface area contributed by atoms with Gasteiger partial charge in [-0.25, -0.2) is 0 Å². The van der Waals surface area contributed by atoms with Crippen molar-refractivity contribution in [1.82, 2.24) is 14.5 Å². The van der Waals surface area contributed by atoms with Crippen molar-refractivity contribution >= 4 is 16.9 Å². The molecule has 3 atom stereocenters. The quantitative estimate of drug-likeness (QED) is 0.554. The van der Waals surface area contributed by atoms with Crippen molar-refractivity contribution in [3.05, 3.63) is 76.9 Å². The Kier molecular flexibility index (Phi) is 5.05. The highest BCUT2D eigenvalue weighted by atomic mass is 32.2. The Hall–Kier alpha value is -2.73. The predicted octanol–water partition coefficient (Wildman–Crippen LogP) is 5.40. The molecule has 0 saturated carbocycles. The van der Waals surface area contributed by atoms with Crippen LogP contribution in [0.5, 0.6) is 5.75 Å². The van der Waals surface area contributed by atoms with E-state index in [2.05, 4.69) is 66.4 Å². The van der Waals surface area contributed by atoms with Crippen LogP contribution >= 0.6 is 11.8 Å². The Labute approximate surface area is 188 Å². The summed E-state index contributed by atoms with van der Waals surface area (Å²) in [5.74, 6) is 0.871. The maximum Gasteiger partial charge on any atom is 0.160 e. The number of aliphatic imine (C=N–C) groups is 1. The molecule has 2 aliphatic rings. The summed E-state index contributed by atoms with van der Waals surface area (Å²) in [6.45, 7) is 10.00. The molecule has 0 N–H and O–H groups in total. The van der Waals surface area contributed by atoms with Gasteiger partial charge in [-0.3, -0.25) is 9.98 Å². The molecule has 6 heteroatoms. The monoisotopic (exact) mass is 432 g/mol. The lowest BCUT2D eigenvalue weighted by molar-refractivity contribution is 0.319. The van der Waals surface area contributed by atoms with Crippen molar-refractivity contribution in [2.45, 2.75) is 45.0 Å². The molecule has 1 fully saturated rings. The number of hydrogen-bond donors (Lipinski definition) is 0. The van der Waals surface area contributed by atoms with Crippen LogP contribution in [0.15, 0.2) is 53.7 Å². The average molecular weight is 433 g/mol. The molecule has 1 saturated heterocycles. The average Bonchev–Trinajstić information content (AvgIpc) is 3.38. The SMILES string of the molecule is COc1ccc(-n2c(C)c(C)c([C@H]3[C@H](c4ccccn4)N=C4S[C@@H](C)CN43)c2C)cc1. The van der Waals surface area contributed by atoms with E-state index in [-0.39, 0.29) is 12.1 Å². The number of ether oxygens (including phenoxy) is 1. The summed E-state index contributed by atoms with van der Waals surface area (Å²) in [6, 6.07) is 14.6. The molecular weight excluding hydrogens is 404 g/mol. The van der Waals surface area contributed by atoms with Crippen LogP contribution in [0.25, 0.3) is 5.69 Å². The number of rotatable bonds is 4. The molecule has 4 heterocycles. The largest absolute Gasteiger partial charge is 0.497 e. The molecule has 160 valence electrons. The molecule has 0 radical (unpaired) electrons. The second-order valence-corrected chi connectivity index (χ2v) is 9.79. The van der Waals surface area contributed by atoms with Crippen molar-refractivity contribution in [3.63, 3.8) is 0 Å². The highest BCUT2D eigenvalue weighted by molar-refractivity contribution is 8.14. The number of fused-ring (bicyclic) bond motifs is 1. The molecule has 0 bridgehead atoms. The fourth-order valence-electron chi connectivity index (χ4n) is 4.99. The first-order valence-electron chi connectivity index (χ1n) is 10.7. The zero-order valence-corrected chi connectivity index (χ0v) is 19.5. The third kappa shape index (κ3) is 3.24. The first-order valence-corrected chi connectivity index (χ1v) is 11.6. The van der Waals surface area contributed by atoms with Gasteiger partial charge in [-0.2, -0.15) is 0 Å². The minimum atomic E-state index is 0.0136. The molecule has 0 unspecified atom stereocenters. The van der Waals surface area contributed by atoms with E-state index < -0.39 is 0 Å². The van der Waals surface area contributed by atoms with Gasteiger partial charge in [-0.15, -0.1) is 0 Å². The summed E-state index contributed by atoms with van der Waals surface area (Å²) < 4.78 is 7.72. The molecule has 3 aromatic rings. The fraction of sp³-hybridized carbons (Fsp3) is 0.360. The molecule has 2 aliphatic heterocycles. The van der Waals surface area contributed by atoms with Gasteiger partial charge in [0.05, 0.1) is 18.8 Å². The van der Waals surface area contributed by atoms with Gasteiger partial charge in [0.2, 0.25) is 0 Å². The zero-order chi connectivity index (χ0) is 21.7. The summed E-state index contributed by atoms with van der Waals surface area (Å²) >= 11 is 1.88. The van der Waals surface area contributed by atoms with Gasteiger partial charge in [0.15, 0.2) is 5.17 Å². The van der Waals surface area contributed by atoms with Crippen molar-refractivity contribution in [2.24, 2.45) is 4.99 Å². The lowest BCUT2D eigenvalue weighted by atomic mass is 9.93. The van der Waals surface area contributed by atoms with E-state index in [1.54, 1.807) is 7.11 Å². The number of thioether (sulfide) groups is 1. The maximum atomic E-state index is 5.36. The lowest BCUT2D eigenvalue weighted by Crippen LogP contribution is -2.29. The molecule has 31 heavy (non-hydrogen) atoms. The highest BCUT2D eigenvalue weighted by Gasteiger charge is 2.45. The topological polar surface area (TPSA) is 42.6 Å². The van der Waals surface area contributed by atoms with Gasteiger partial charge in [-0.05, 0) is 62.7 Å². The summed E-state index contributed by atoms with van der Waals surface area (Å²) in [5.41, 5.74) is 7.44. The van der Waals surface area contributed by atoms with Gasteiger partial charge in [0.25, 0.3) is 0 Å². The second-order valence-electron chi connectivity index (χ2n) is 8.38. The summed E-state index contributed by atoms with van der Waals surface area (Å²) in [4.78, 5) is 12.3. The summed E-state index contributed by atoms with van der Waals surface area (Å²) in [5, 5.41) is 1.71. The number of nitrogens with zero attached hydrogens (tertiary/aromatic N) is 4. The Bertz CT molecular complexity index is 1140. The van der Waals surface area contributed by atoms with Crippen LogP contribution in [-0.2, 0) is 0 Å². The van der Waals surface area contributed by atoms with Crippen LogP contribution in [0, 0.1) is 20.8 Å². The van der Waals surface area contributed by atoms with Crippen LogP contribution in [0.4, 0.5) is 0 Å². The standard InChI is InChI=1S/C25H28N4OS/c1-15-14-28-24(23(27-25(28)31-15)21-8-6-7-13-26-21)22-16(2)17(3)29(18(22)4)19-9-11-20(30-5)12-10-19/h6-13,15,23-24H,14H2,1-5H3/t15-,23-,24-/m0/s1. The van der Waals surface area contributed by atoms with E-state index in [1.165, 1.54) is 22.5 Å².